The zero-order valence-electron chi connectivity index (χ0n) is 19.9. The second-order valence-electron chi connectivity index (χ2n) is 11.3. The number of ether oxygens (including phenoxy) is 1. The van der Waals surface area contributed by atoms with Crippen LogP contribution >= 0.6 is 15.9 Å². The first-order valence-corrected chi connectivity index (χ1v) is 13.6. The number of aromatic hydroxyl groups is 1. The number of nitrogens with zero attached hydrogens (tertiary/aromatic N) is 2. The van der Waals surface area contributed by atoms with Crippen LogP contribution in [0.3, 0.4) is 0 Å². The Balaban J connectivity index is 1.31. The number of hydrogen-bond donors (Lipinski definition) is 2. The minimum atomic E-state index is -0.936. The Morgan fingerprint density at radius 3 is 2.69 bits per heavy atom. The quantitative estimate of drug-likeness (QED) is 0.618. The molecule has 35 heavy (non-hydrogen) atoms. The van der Waals surface area contributed by atoms with Crippen LogP contribution in [0, 0.1) is 5.92 Å². The third kappa shape index (κ3) is 2.92. The van der Waals surface area contributed by atoms with Crippen LogP contribution in [0.25, 0.3) is 0 Å². The van der Waals surface area contributed by atoms with Crippen molar-refractivity contribution in [1.82, 2.24) is 9.80 Å². The van der Waals surface area contributed by atoms with E-state index in [0.717, 1.165) is 41.9 Å². The van der Waals surface area contributed by atoms with Crippen LogP contribution < -0.4 is 4.74 Å². The van der Waals surface area contributed by atoms with E-state index in [0.29, 0.717) is 24.2 Å². The molecule has 1 amide bonds. The van der Waals surface area contributed by atoms with Crippen molar-refractivity contribution in [3.05, 3.63) is 57.6 Å². The highest BCUT2D eigenvalue weighted by Crippen LogP contribution is 2.66. The van der Waals surface area contributed by atoms with Gasteiger partial charge in [-0.05, 0) is 86.9 Å². The number of carbonyl (C=O) groups is 1. The SMILES string of the molecule is CN(C(=O)c1ccc(Br)cc1)[C@@H]1CC[C@@]2(O)[C@H]3Cc4ccc(O)c5c4C2(CCN3CC2CC2)[C@H]1O5. The monoisotopic (exact) mass is 538 g/mol. The maximum atomic E-state index is 13.5. The van der Waals surface area contributed by atoms with Gasteiger partial charge in [0, 0.05) is 35.2 Å². The van der Waals surface area contributed by atoms with Gasteiger partial charge in [0.1, 0.15) is 6.10 Å². The van der Waals surface area contributed by atoms with Gasteiger partial charge >= 0.3 is 0 Å². The average Bonchev–Trinajstić information content (AvgIpc) is 3.59. The predicted octanol–water partition coefficient (Wildman–Crippen LogP) is 3.86. The van der Waals surface area contributed by atoms with Gasteiger partial charge in [0.2, 0.25) is 0 Å². The van der Waals surface area contributed by atoms with Crippen LogP contribution in [-0.2, 0) is 11.8 Å². The minimum Gasteiger partial charge on any atom is -0.504 e. The number of hydrogen-bond acceptors (Lipinski definition) is 5. The van der Waals surface area contributed by atoms with E-state index in [2.05, 4.69) is 20.8 Å². The lowest BCUT2D eigenvalue weighted by molar-refractivity contribution is -0.197. The summed E-state index contributed by atoms with van der Waals surface area (Å²) < 4.78 is 7.54. The molecular weight excluding hydrogens is 508 g/mol. The van der Waals surface area contributed by atoms with Crippen LogP contribution in [0.2, 0.25) is 0 Å². The molecule has 2 aromatic carbocycles. The summed E-state index contributed by atoms with van der Waals surface area (Å²) in [5.74, 6) is 1.36. The van der Waals surface area contributed by atoms with Gasteiger partial charge in [0.25, 0.3) is 5.91 Å². The number of halogens is 1. The average molecular weight is 539 g/mol. The summed E-state index contributed by atoms with van der Waals surface area (Å²) in [6.07, 6.45) is 5.03. The topological polar surface area (TPSA) is 73.2 Å². The smallest absolute Gasteiger partial charge is 0.253 e. The first kappa shape index (κ1) is 22.1. The lowest BCUT2D eigenvalue weighted by atomic mass is 9.48. The van der Waals surface area contributed by atoms with Crippen molar-refractivity contribution in [3.8, 4) is 11.5 Å². The fourth-order valence-electron chi connectivity index (χ4n) is 7.80. The summed E-state index contributed by atoms with van der Waals surface area (Å²) in [5, 5.41) is 23.4. The zero-order chi connectivity index (χ0) is 24.1. The lowest BCUT2D eigenvalue weighted by Crippen LogP contribution is -2.78. The fraction of sp³-hybridized carbons (Fsp3) is 0.536. The molecule has 3 aliphatic carbocycles. The number of aliphatic hydroxyl groups is 1. The van der Waals surface area contributed by atoms with E-state index in [1.54, 1.807) is 6.07 Å². The molecule has 0 aromatic heterocycles. The Morgan fingerprint density at radius 1 is 1.17 bits per heavy atom. The Bertz CT molecular complexity index is 1210. The van der Waals surface area contributed by atoms with Crippen molar-refractivity contribution in [1.29, 1.82) is 0 Å². The van der Waals surface area contributed by atoms with Crippen LogP contribution in [0.5, 0.6) is 11.5 Å². The van der Waals surface area contributed by atoms with Crippen molar-refractivity contribution in [2.75, 3.05) is 20.1 Å². The maximum Gasteiger partial charge on any atom is 0.253 e. The molecule has 5 aliphatic rings. The summed E-state index contributed by atoms with van der Waals surface area (Å²) in [7, 11) is 1.85. The number of piperidine rings is 1. The Labute approximate surface area is 214 Å². The number of benzene rings is 2. The van der Waals surface area contributed by atoms with E-state index in [4.69, 9.17) is 4.74 Å². The van der Waals surface area contributed by atoms with Gasteiger partial charge in [-0.15, -0.1) is 0 Å². The number of phenols is 1. The van der Waals surface area contributed by atoms with Gasteiger partial charge < -0.3 is 19.8 Å². The van der Waals surface area contributed by atoms with E-state index in [1.165, 1.54) is 18.4 Å². The number of likely N-dealkylation sites (tertiary alicyclic amines) is 1. The molecule has 6 nitrogen and oxygen atoms in total. The van der Waals surface area contributed by atoms with E-state index in [1.807, 2.05) is 42.3 Å². The molecule has 1 unspecified atom stereocenters. The standard InChI is InChI=1S/C28H31BrN2O4/c1-30(26(33)17-4-7-19(29)8-5-17)20-10-11-28(34)22-14-18-6-9-21(32)24-23(18)27(28,25(20)35-24)12-13-31(22)15-16-2-3-16/h4-9,16,20,22,25,32,34H,2-3,10-15H2,1H3/t20-,22-,25+,27?,28-/m1/s1. The molecule has 2 saturated carbocycles. The molecule has 1 spiro atoms. The number of likely N-dealkylation sites (N-methyl/N-ethyl adjacent to an activating group) is 1. The molecule has 2 aliphatic heterocycles. The van der Waals surface area contributed by atoms with Crippen molar-refractivity contribution >= 4 is 21.8 Å². The lowest BCUT2D eigenvalue weighted by Gasteiger charge is -2.64. The van der Waals surface area contributed by atoms with E-state index < -0.39 is 17.1 Å². The van der Waals surface area contributed by atoms with Crippen LogP contribution in [0.1, 0.15) is 53.6 Å². The van der Waals surface area contributed by atoms with Crippen LogP contribution in [0.15, 0.2) is 40.9 Å². The Kier molecular flexibility index (Phi) is 4.72. The second kappa shape index (κ2) is 7.46. The van der Waals surface area contributed by atoms with E-state index >= 15 is 0 Å². The first-order chi connectivity index (χ1) is 16.8. The molecule has 184 valence electrons. The summed E-state index contributed by atoms with van der Waals surface area (Å²) >= 11 is 3.45. The van der Waals surface area contributed by atoms with Crippen molar-refractivity contribution in [2.45, 2.75) is 67.7 Å². The fourth-order valence-corrected chi connectivity index (χ4v) is 8.06. The Hall–Kier alpha value is -2.09. The summed E-state index contributed by atoms with van der Waals surface area (Å²) in [5.41, 5.74) is 1.26. The normalized spacial score (nSPS) is 34.8. The number of phenolic OH excluding ortho intramolecular Hbond substituents is 1. The summed E-state index contributed by atoms with van der Waals surface area (Å²) in [6, 6.07) is 11.0. The summed E-state index contributed by atoms with van der Waals surface area (Å²) in [4.78, 5) is 17.9. The Morgan fingerprint density at radius 2 is 1.94 bits per heavy atom. The van der Waals surface area contributed by atoms with Gasteiger partial charge in [-0.1, -0.05) is 22.0 Å². The molecule has 0 radical (unpaired) electrons. The molecule has 7 heteroatoms. The number of amides is 1. The van der Waals surface area contributed by atoms with Gasteiger partial charge in [-0.25, -0.2) is 0 Å². The van der Waals surface area contributed by atoms with Crippen molar-refractivity contribution < 1.29 is 19.7 Å². The van der Waals surface area contributed by atoms with Crippen LogP contribution in [0.4, 0.5) is 0 Å². The number of rotatable bonds is 4. The molecule has 1 saturated heterocycles. The molecule has 5 atom stereocenters. The maximum absolute atomic E-state index is 13.5. The molecule has 2 bridgehead atoms. The summed E-state index contributed by atoms with van der Waals surface area (Å²) in [6.45, 7) is 1.97. The molecule has 2 N–H and O–H groups in total. The minimum absolute atomic E-state index is 0.0411. The molecule has 3 fully saturated rings. The zero-order valence-corrected chi connectivity index (χ0v) is 21.5. The van der Waals surface area contributed by atoms with E-state index in [9.17, 15) is 15.0 Å². The molecule has 2 aromatic rings. The third-order valence-corrected chi connectivity index (χ3v) is 10.2. The highest BCUT2D eigenvalue weighted by atomic mass is 79.9. The van der Waals surface area contributed by atoms with Crippen LogP contribution in [-0.4, -0.2) is 69.8 Å². The largest absolute Gasteiger partial charge is 0.504 e. The highest BCUT2D eigenvalue weighted by molar-refractivity contribution is 9.10. The van der Waals surface area contributed by atoms with Crippen molar-refractivity contribution in [2.24, 2.45) is 5.92 Å². The first-order valence-electron chi connectivity index (χ1n) is 12.8. The molecule has 7 rings (SSSR count). The third-order valence-electron chi connectivity index (χ3n) is 9.64. The highest BCUT2D eigenvalue weighted by Gasteiger charge is 2.73. The van der Waals surface area contributed by atoms with Crippen molar-refractivity contribution in [3.63, 3.8) is 0 Å². The second-order valence-corrected chi connectivity index (χ2v) is 12.2. The number of carbonyl (C=O) groups excluding carboxylic acids is 1. The predicted molar refractivity (Wildman–Crippen MR) is 135 cm³/mol. The van der Waals surface area contributed by atoms with Gasteiger partial charge in [0.15, 0.2) is 11.5 Å². The molecule has 2 heterocycles. The van der Waals surface area contributed by atoms with E-state index in [-0.39, 0.29) is 23.7 Å². The molecular formula is C28H31BrN2O4. The van der Waals surface area contributed by atoms with Gasteiger partial charge in [-0.2, -0.15) is 0 Å². The van der Waals surface area contributed by atoms with Gasteiger partial charge in [0.05, 0.1) is 17.1 Å². The van der Waals surface area contributed by atoms with Gasteiger partial charge in [-0.3, -0.25) is 9.69 Å².